The molecule has 1 unspecified atom stereocenters. The molecule has 0 saturated carbocycles. The van der Waals surface area contributed by atoms with Gasteiger partial charge in [-0.05, 0) is 79.5 Å². The highest BCUT2D eigenvalue weighted by Crippen LogP contribution is 2.35. The zero-order chi connectivity index (χ0) is 20.0. The third-order valence-electron chi connectivity index (χ3n) is 5.25. The van der Waals surface area contributed by atoms with E-state index in [1.165, 1.54) is 17.2 Å². The number of aryl methyl sites for hydroxylation is 1. The number of nitrogens with one attached hydrogen (secondary N) is 1. The molecule has 0 spiro atoms. The highest BCUT2D eigenvalue weighted by Gasteiger charge is 2.20. The molecule has 1 atom stereocenters. The summed E-state index contributed by atoms with van der Waals surface area (Å²) < 4.78 is 44.8. The topological polar surface area (TPSA) is 55.4 Å². The van der Waals surface area contributed by atoms with E-state index in [1.54, 1.807) is 19.1 Å². The molecule has 0 aliphatic heterocycles. The first-order valence-electron chi connectivity index (χ1n) is 9.94. The molecule has 0 amide bonds. The van der Waals surface area contributed by atoms with Gasteiger partial charge in [-0.2, -0.15) is 0 Å². The molecular formula is C22H28FNO3S. The van der Waals surface area contributed by atoms with Crippen LogP contribution in [0.15, 0.2) is 42.5 Å². The van der Waals surface area contributed by atoms with E-state index in [-0.39, 0.29) is 24.7 Å². The van der Waals surface area contributed by atoms with E-state index in [0.29, 0.717) is 5.92 Å². The second kappa shape index (κ2) is 9.52. The van der Waals surface area contributed by atoms with Crippen molar-refractivity contribution in [2.75, 3.05) is 18.9 Å². The zero-order valence-corrected chi connectivity index (χ0v) is 17.1. The van der Waals surface area contributed by atoms with Crippen molar-refractivity contribution in [3.05, 3.63) is 65.0 Å². The van der Waals surface area contributed by atoms with Crippen molar-refractivity contribution in [3.8, 4) is 5.75 Å². The Hall–Kier alpha value is -1.92. The van der Waals surface area contributed by atoms with Gasteiger partial charge in [0.1, 0.15) is 18.2 Å². The van der Waals surface area contributed by atoms with Crippen molar-refractivity contribution >= 4 is 10.0 Å². The molecule has 1 N–H and O–H groups in total. The Kier molecular flexibility index (Phi) is 7.08. The van der Waals surface area contributed by atoms with Gasteiger partial charge in [-0.3, -0.25) is 0 Å². The van der Waals surface area contributed by atoms with Crippen molar-refractivity contribution in [3.63, 3.8) is 0 Å². The second-order valence-electron chi connectivity index (χ2n) is 7.28. The largest absolute Gasteiger partial charge is 0.492 e. The van der Waals surface area contributed by atoms with Crippen LogP contribution in [0.3, 0.4) is 0 Å². The molecule has 152 valence electrons. The normalized spacial score (nSPS) is 17.0. The van der Waals surface area contributed by atoms with Gasteiger partial charge in [-0.25, -0.2) is 17.5 Å². The maximum absolute atomic E-state index is 13.6. The van der Waals surface area contributed by atoms with Gasteiger partial charge < -0.3 is 4.74 Å². The standard InChI is InChI=1S/C22H28FNO3S/c1-2-28(25,26)24-12-13-27-21-11-10-18-7-3-4-8-19(22(18)16-21)14-17-6-5-9-20(23)15-17/h5-6,9-11,15-16,19,24H,2-4,7-8,12-14H2,1H3. The highest BCUT2D eigenvalue weighted by atomic mass is 32.2. The van der Waals surface area contributed by atoms with Crippen molar-refractivity contribution in [2.24, 2.45) is 0 Å². The number of sulfonamides is 1. The molecule has 0 aromatic heterocycles. The molecule has 28 heavy (non-hydrogen) atoms. The van der Waals surface area contributed by atoms with Gasteiger partial charge in [0.2, 0.25) is 10.0 Å². The van der Waals surface area contributed by atoms with E-state index in [9.17, 15) is 12.8 Å². The van der Waals surface area contributed by atoms with Crippen LogP contribution in [0.2, 0.25) is 0 Å². The Morgan fingerprint density at radius 1 is 1.18 bits per heavy atom. The van der Waals surface area contributed by atoms with Crippen LogP contribution in [0.25, 0.3) is 0 Å². The molecule has 1 aliphatic carbocycles. The fourth-order valence-electron chi connectivity index (χ4n) is 3.76. The van der Waals surface area contributed by atoms with Crippen LogP contribution in [-0.2, 0) is 22.9 Å². The summed E-state index contributed by atoms with van der Waals surface area (Å²) in [5.74, 6) is 0.952. The summed E-state index contributed by atoms with van der Waals surface area (Å²) >= 11 is 0. The summed E-state index contributed by atoms with van der Waals surface area (Å²) in [7, 11) is -3.20. The van der Waals surface area contributed by atoms with E-state index in [4.69, 9.17) is 4.74 Å². The fourth-order valence-corrected chi connectivity index (χ4v) is 4.36. The molecule has 0 heterocycles. The summed E-state index contributed by atoms with van der Waals surface area (Å²) in [6.45, 7) is 2.14. The number of benzene rings is 2. The van der Waals surface area contributed by atoms with E-state index < -0.39 is 10.0 Å². The second-order valence-corrected chi connectivity index (χ2v) is 9.38. The molecule has 2 aromatic carbocycles. The summed E-state index contributed by atoms with van der Waals surface area (Å²) in [5, 5.41) is 0. The van der Waals surface area contributed by atoms with Crippen LogP contribution in [-0.4, -0.2) is 27.3 Å². The SMILES string of the molecule is CCS(=O)(=O)NCCOc1ccc2c(c1)C(Cc1cccc(F)c1)CCCC2. The summed E-state index contributed by atoms with van der Waals surface area (Å²) in [4.78, 5) is 0. The minimum atomic E-state index is -3.20. The Bertz CT molecular complexity index is 898. The average Bonchev–Trinajstić information content (AvgIpc) is 2.87. The smallest absolute Gasteiger partial charge is 0.211 e. The molecule has 0 bridgehead atoms. The Morgan fingerprint density at radius 2 is 2.04 bits per heavy atom. The Labute approximate surface area is 167 Å². The first kappa shape index (κ1) is 20.8. The summed E-state index contributed by atoms with van der Waals surface area (Å²) in [5.41, 5.74) is 3.62. The lowest BCUT2D eigenvalue weighted by molar-refractivity contribution is 0.322. The van der Waals surface area contributed by atoms with Crippen molar-refractivity contribution in [1.82, 2.24) is 4.72 Å². The minimum absolute atomic E-state index is 0.0631. The van der Waals surface area contributed by atoms with Gasteiger partial charge in [0.05, 0.1) is 5.75 Å². The predicted molar refractivity (Wildman–Crippen MR) is 110 cm³/mol. The van der Waals surface area contributed by atoms with E-state index in [2.05, 4.69) is 16.9 Å². The van der Waals surface area contributed by atoms with Gasteiger partial charge in [0, 0.05) is 6.54 Å². The van der Waals surface area contributed by atoms with Gasteiger partial charge in [-0.15, -0.1) is 0 Å². The molecule has 3 rings (SSSR count). The molecule has 0 radical (unpaired) electrons. The zero-order valence-electron chi connectivity index (χ0n) is 16.3. The number of rotatable bonds is 8. The first-order valence-corrected chi connectivity index (χ1v) is 11.6. The quantitative estimate of drug-likeness (QED) is 0.529. The van der Waals surface area contributed by atoms with Crippen molar-refractivity contribution in [2.45, 2.75) is 44.9 Å². The van der Waals surface area contributed by atoms with Crippen LogP contribution in [0, 0.1) is 5.82 Å². The number of hydrogen-bond acceptors (Lipinski definition) is 3. The molecule has 2 aromatic rings. The van der Waals surface area contributed by atoms with E-state index >= 15 is 0 Å². The number of halogens is 1. The number of ether oxygens (including phenoxy) is 1. The fraction of sp³-hybridized carbons (Fsp3) is 0.455. The molecule has 4 nitrogen and oxygen atoms in total. The average molecular weight is 406 g/mol. The van der Waals surface area contributed by atoms with E-state index in [0.717, 1.165) is 43.4 Å². The van der Waals surface area contributed by atoms with Crippen molar-refractivity contribution in [1.29, 1.82) is 0 Å². The van der Waals surface area contributed by atoms with Gasteiger partial charge in [0.25, 0.3) is 0 Å². The summed E-state index contributed by atoms with van der Waals surface area (Å²) in [6.07, 6.45) is 5.24. The number of hydrogen-bond donors (Lipinski definition) is 1. The molecule has 0 saturated heterocycles. The van der Waals surface area contributed by atoms with E-state index in [1.807, 2.05) is 12.1 Å². The lowest BCUT2D eigenvalue weighted by atomic mass is 9.87. The maximum Gasteiger partial charge on any atom is 0.211 e. The van der Waals surface area contributed by atoms with Crippen LogP contribution in [0.4, 0.5) is 4.39 Å². The molecule has 1 aliphatic rings. The van der Waals surface area contributed by atoms with Crippen LogP contribution < -0.4 is 9.46 Å². The van der Waals surface area contributed by atoms with Crippen LogP contribution in [0.5, 0.6) is 5.75 Å². The Balaban J connectivity index is 1.70. The van der Waals surface area contributed by atoms with Gasteiger partial charge >= 0.3 is 0 Å². The van der Waals surface area contributed by atoms with Crippen LogP contribution >= 0.6 is 0 Å². The highest BCUT2D eigenvalue weighted by molar-refractivity contribution is 7.89. The Morgan fingerprint density at radius 3 is 2.82 bits per heavy atom. The lowest BCUT2D eigenvalue weighted by Gasteiger charge is -2.19. The lowest BCUT2D eigenvalue weighted by Crippen LogP contribution is -2.29. The first-order chi connectivity index (χ1) is 13.5. The van der Waals surface area contributed by atoms with Crippen LogP contribution in [0.1, 0.15) is 48.8 Å². The number of fused-ring (bicyclic) bond motifs is 1. The monoisotopic (exact) mass is 405 g/mol. The third kappa shape index (κ3) is 5.79. The third-order valence-corrected chi connectivity index (χ3v) is 6.65. The minimum Gasteiger partial charge on any atom is -0.492 e. The predicted octanol–water partition coefficient (Wildman–Crippen LogP) is 4.20. The summed E-state index contributed by atoms with van der Waals surface area (Å²) in [6, 6.07) is 13.0. The van der Waals surface area contributed by atoms with Gasteiger partial charge in [0.15, 0.2) is 0 Å². The van der Waals surface area contributed by atoms with Gasteiger partial charge in [-0.1, -0.05) is 24.6 Å². The van der Waals surface area contributed by atoms with Crippen molar-refractivity contribution < 1.29 is 17.5 Å². The maximum atomic E-state index is 13.6. The molecule has 6 heteroatoms. The molecular weight excluding hydrogens is 377 g/mol. The molecule has 0 fully saturated rings.